The molecule has 2 N–H and O–H groups in total. The molecule has 0 saturated carbocycles. The molecular weight excluding hydrogens is 338 g/mol. The third kappa shape index (κ3) is 4.19. The first kappa shape index (κ1) is 19.8. The van der Waals surface area contributed by atoms with Crippen LogP contribution < -0.4 is 19.9 Å². The highest BCUT2D eigenvalue weighted by Crippen LogP contribution is 2.40. The van der Waals surface area contributed by atoms with Gasteiger partial charge in [0.25, 0.3) is 5.91 Å². The Morgan fingerprint density at radius 1 is 1.00 bits per heavy atom. The SMILES string of the molecule is COc1ccc(C(=O)N2CCN(C(=O)CC(C)N)CC2)c(OC)c1OC. The van der Waals surface area contributed by atoms with Crippen LogP contribution in [0.5, 0.6) is 17.2 Å². The molecule has 0 aliphatic carbocycles. The van der Waals surface area contributed by atoms with Gasteiger partial charge in [-0.2, -0.15) is 0 Å². The summed E-state index contributed by atoms with van der Waals surface area (Å²) < 4.78 is 16.0. The quantitative estimate of drug-likeness (QED) is 0.799. The van der Waals surface area contributed by atoms with Crippen molar-refractivity contribution in [3.8, 4) is 17.2 Å². The van der Waals surface area contributed by atoms with E-state index in [-0.39, 0.29) is 17.9 Å². The summed E-state index contributed by atoms with van der Waals surface area (Å²) in [4.78, 5) is 28.5. The Bertz CT molecular complexity index is 654. The van der Waals surface area contributed by atoms with Crippen molar-refractivity contribution in [2.75, 3.05) is 47.5 Å². The molecule has 1 unspecified atom stereocenters. The summed E-state index contributed by atoms with van der Waals surface area (Å²) in [7, 11) is 4.51. The predicted octanol–water partition coefficient (Wildman–Crippen LogP) is 0.734. The largest absolute Gasteiger partial charge is 0.493 e. The number of hydrogen-bond acceptors (Lipinski definition) is 6. The van der Waals surface area contributed by atoms with Crippen LogP contribution in [0, 0.1) is 0 Å². The van der Waals surface area contributed by atoms with E-state index in [2.05, 4.69) is 0 Å². The highest BCUT2D eigenvalue weighted by atomic mass is 16.5. The summed E-state index contributed by atoms with van der Waals surface area (Å²) in [5.74, 6) is 1.07. The average molecular weight is 365 g/mol. The number of nitrogens with zero attached hydrogens (tertiary/aromatic N) is 2. The highest BCUT2D eigenvalue weighted by molar-refractivity contribution is 5.98. The minimum absolute atomic E-state index is 0.0239. The second-order valence-corrected chi connectivity index (χ2v) is 6.24. The maximum atomic E-state index is 12.9. The molecular formula is C18H27N3O5. The molecule has 1 saturated heterocycles. The molecule has 1 aromatic carbocycles. The van der Waals surface area contributed by atoms with Gasteiger partial charge in [-0.05, 0) is 19.1 Å². The van der Waals surface area contributed by atoms with Gasteiger partial charge in [-0.15, -0.1) is 0 Å². The highest BCUT2D eigenvalue weighted by Gasteiger charge is 2.28. The number of ether oxygens (including phenoxy) is 3. The molecule has 26 heavy (non-hydrogen) atoms. The zero-order valence-electron chi connectivity index (χ0n) is 15.8. The molecule has 0 spiro atoms. The summed E-state index contributed by atoms with van der Waals surface area (Å²) in [6, 6.07) is 3.17. The van der Waals surface area contributed by atoms with Gasteiger partial charge in [-0.25, -0.2) is 0 Å². The van der Waals surface area contributed by atoms with E-state index in [1.165, 1.54) is 21.3 Å². The molecule has 0 aromatic heterocycles. The zero-order chi connectivity index (χ0) is 19.3. The van der Waals surface area contributed by atoms with Crippen molar-refractivity contribution in [2.45, 2.75) is 19.4 Å². The minimum atomic E-state index is -0.168. The molecule has 1 fully saturated rings. The Hall–Kier alpha value is -2.48. The second kappa shape index (κ2) is 8.75. The number of amides is 2. The minimum Gasteiger partial charge on any atom is -0.493 e. The maximum absolute atomic E-state index is 12.9. The van der Waals surface area contributed by atoms with Crippen LogP contribution in [0.2, 0.25) is 0 Å². The fraction of sp³-hybridized carbons (Fsp3) is 0.556. The van der Waals surface area contributed by atoms with E-state index >= 15 is 0 Å². The number of carbonyl (C=O) groups excluding carboxylic acids is 2. The van der Waals surface area contributed by atoms with Crippen molar-refractivity contribution in [1.82, 2.24) is 9.80 Å². The van der Waals surface area contributed by atoms with Gasteiger partial charge in [0.1, 0.15) is 0 Å². The summed E-state index contributed by atoms with van der Waals surface area (Å²) in [5, 5.41) is 0. The lowest BCUT2D eigenvalue weighted by atomic mass is 10.1. The van der Waals surface area contributed by atoms with Gasteiger partial charge in [0.15, 0.2) is 11.5 Å². The van der Waals surface area contributed by atoms with Gasteiger partial charge in [-0.3, -0.25) is 9.59 Å². The number of methoxy groups -OCH3 is 3. The van der Waals surface area contributed by atoms with Crippen LogP contribution in [0.15, 0.2) is 12.1 Å². The van der Waals surface area contributed by atoms with E-state index < -0.39 is 0 Å². The van der Waals surface area contributed by atoms with Crippen molar-refractivity contribution >= 4 is 11.8 Å². The maximum Gasteiger partial charge on any atom is 0.257 e. The number of nitrogens with two attached hydrogens (primary N) is 1. The molecule has 1 aromatic rings. The molecule has 8 heteroatoms. The first-order valence-electron chi connectivity index (χ1n) is 8.54. The van der Waals surface area contributed by atoms with Crippen LogP contribution in [0.3, 0.4) is 0 Å². The molecule has 1 heterocycles. The molecule has 1 aliphatic heterocycles. The number of hydrogen-bond donors (Lipinski definition) is 1. The molecule has 2 rings (SSSR count). The molecule has 1 atom stereocenters. The molecule has 8 nitrogen and oxygen atoms in total. The van der Waals surface area contributed by atoms with Crippen molar-refractivity contribution in [1.29, 1.82) is 0 Å². The van der Waals surface area contributed by atoms with Crippen molar-refractivity contribution in [3.63, 3.8) is 0 Å². The van der Waals surface area contributed by atoms with Gasteiger partial charge in [0.05, 0.1) is 26.9 Å². The lowest BCUT2D eigenvalue weighted by Gasteiger charge is -2.35. The fourth-order valence-electron chi connectivity index (χ4n) is 3.00. The Morgan fingerprint density at radius 2 is 1.58 bits per heavy atom. The molecule has 1 aliphatic rings. The third-order valence-electron chi connectivity index (χ3n) is 4.35. The van der Waals surface area contributed by atoms with Crippen LogP contribution in [0.1, 0.15) is 23.7 Å². The lowest BCUT2D eigenvalue weighted by Crippen LogP contribution is -2.51. The second-order valence-electron chi connectivity index (χ2n) is 6.24. The topological polar surface area (TPSA) is 94.3 Å². The molecule has 0 bridgehead atoms. The van der Waals surface area contributed by atoms with Crippen LogP contribution >= 0.6 is 0 Å². The summed E-state index contributed by atoms with van der Waals surface area (Å²) in [6.45, 7) is 3.71. The Morgan fingerprint density at radius 3 is 2.08 bits per heavy atom. The van der Waals surface area contributed by atoms with E-state index in [9.17, 15) is 9.59 Å². The van der Waals surface area contributed by atoms with E-state index in [1.807, 2.05) is 0 Å². The van der Waals surface area contributed by atoms with E-state index in [1.54, 1.807) is 28.9 Å². The van der Waals surface area contributed by atoms with E-state index in [0.29, 0.717) is 55.4 Å². The number of benzene rings is 1. The third-order valence-corrected chi connectivity index (χ3v) is 4.35. The molecule has 0 radical (unpaired) electrons. The van der Waals surface area contributed by atoms with Crippen molar-refractivity contribution < 1.29 is 23.8 Å². The molecule has 144 valence electrons. The van der Waals surface area contributed by atoms with Gasteiger partial charge >= 0.3 is 0 Å². The summed E-state index contributed by atoms with van der Waals surface area (Å²) in [6.07, 6.45) is 0.317. The standard InChI is InChI=1S/C18H27N3O5/c1-12(19)11-15(22)20-7-9-21(10-8-20)18(23)13-5-6-14(24-2)17(26-4)16(13)25-3/h5-6,12H,7-11,19H2,1-4H3. The number of piperazine rings is 1. The summed E-state index contributed by atoms with van der Waals surface area (Å²) >= 11 is 0. The van der Waals surface area contributed by atoms with Gasteiger partial charge in [-0.1, -0.05) is 0 Å². The van der Waals surface area contributed by atoms with E-state index in [4.69, 9.17) is 19.9 Å². The average Bonchev–Trinajstić information content (AvgIpc) is 2.65. The predicted molar refractivity (Wildman–Crippen MR) is 96.8 cm³/mol. The lowest BCUT2D eigenvalue weighted by molar-refractivity contribution is -0.132. The van der Waals surface area contributed by atoms with Gasteiger partial charge < -0.3 is 29.7 Å². The first-order valence-corrected chi connectivity index (χ1v) is 8.54. The molecule has 2 amide bonds. The van der Waals surface area contributed by atoms with Crippen molar-refractivity contribution in [3.05, 3.63) is 17.7 Å². The Balaban J connectivity index is 2.12. The monoisotopic (exact) mass is 365 g/mol. The normalized spacial score (nSPS) is 15.4. The number of rotatable bonds is 6. The Labute approximate surface area is 153 Å². The smallest absolute Gasteiger partial charge is 0.257 e. The number of carbonyl (C=O) groups is 2. The van der Waals surface area contributed by atoms with Crippen LogP contribution in [0.4, 0.5) is 0 Å². The summed E-state index contributed by atoms with van der Waals surface area (Å²) in [5.41, 5.74) is 6.09. The zero-order valence-corrected chi connectivity index (χ0v) is 15.8. The Kier molecular flexibility index (Phi) is 6.68. The van der Waals surface area contributed by atoms with Gasteiger partial charge in [0.2, 0.25) is 11.7 Å². The van der Waals surface area contributed by atoms with E-state index in [0.717, 1.165) is 0 Å². The fourth-order valence-corrected chi connectivity index (χ4v) is 3.00. The van der Waals surface area contributed by atoms with Crippen LogP contribution in [-0.4, -0.2) is 75.2 Å². The van der Waals surface area contributed by atoms with Crippen LogP contribution in [0.25, 0.3) is 0 Å². The van der Waals surface area contributed by atoms with Crippen molar-refractivity contribution in [2.24, 2.45) is 5.73 Å². The van der Waals surface area contributed by atoms with Crippen LogP contribution in [-0.2, 0) is 4.79 Å². The van der Waals surface area contributed by atoms with Gasteiger partial charge in [0, 0.05) is 38.6 Å². The first-order chi connectivity index (χ1) is 12.4.